The zero-order chi connectivity index (χ0) is 21.0. The molecule has 29 heavy (non-hydrogen) atoms. The van der Waals surface area contributed by atoms with Crippen molar-refractivity contribution in [1.29, 1.82) is 0 Å². The van der Waals surface area contributed by atoms with Crippen LogP contribution >= 0.6 is 0 Å². The largest absolute Gasteiger partial charge is 0.320 e. The van der Waals surface area contributed by atoms with E-state index in [2.05, 4.69) is 10.3 Å². The van der Waals surface area contributed by atoms with E-state index >= 15 is 0 Å². The van der Waals surface area contributed by atoms with E-state index in [1.807, 2.05) is 70.2 Å². The number of pyridine rings is 1. The van der Waals surface area contributed by atoms with E-state index < -0.39 is 0 Å². The number of benzene rings is 2. The summed E-state index contributed by atoms with van der Waals surface area (Å²) in [6, 6.07) is 16.8. The van der Waals surface area contributed by atoms with Gasteiger partial charge in [-0.25, -0.2) is 0 Å². The summed E-state index contributed by atoms with van der Waals surface area (Å²) in [5, 5.41) is 2.92. The van der Waals surface area contributed by atoms with Gasteiger partial charge in [-0.05, 0) is 68.7 Å². The van der Waals surface area contributed by atoms with Crippen molar-refractivity contribution < 1.29 is 9.59 Å². The molecule has 1 N–H and O–H groups in total. The number of rotatable bonds is 5. The predicted molar refractivity (Wildman–Crippen MR) is 117 cm³/mol. The molecule has 0 bridgehead atoms. The molecule has 0 saturated carbocycles. The molecule has 0 aliphatic heterocycles. The third kappa shape index (κ3) is 4.51. The zero-order valence-electron chi connectivity index (χ0n) is 17.2. The molecule has 2 aromatic carbocycles. The Morgan fingerprint density at radius 1 is 0.966 bits per heavy atom. The number of nitrogens with one attached hydrogen (secondary N) is 1. The third-order valence-corrected chi connectivity index (χ3v) is 4.83. The van der Waals surface area contributed by atoms with E-state index in [9.17, 15) is 9.59 Å². The quantitative estimate of drug-likeness (QED) is 0.675. The van der Waals surface area contributed by atoms with Crippen molar-refractivity contribution in [2.75, 3.05) is 16.8 Å². The minimum atomic E-state index is -0.337. The van der Waals surface area contributed by atoms with Crippen LogP contribution < -0.4 is 10.2 Å². The summed E-state index contributed by atoms with van der Waals surface area (Å²) in [6.45, 7) is 8.32. The van der Waals surface area contributed by atoms with E-state index in [0.29, 0.717) is 12.1 Å². The average Bonchev–Trinajstić information content (AvgIpc) is 2.71. The van der Waals surface area contributed by atoms with Crippen molar-refractivity contribution >= 4 is 23.2 Å². The van der Waals surface area contributed by atoms with Gasteiger partial charge in [0, 0.05) is 29.7 Å². The first-order valence-electron chi connectivity index (χ1n) is 9.63. The van der Waals surface area contributed by atoms with Crippen LogP contribution in [0.5, 0.6) is 0 Å². The first kappa shape index (κ1) is 20.3. The smallest absolute Gasteiger partial charge is 0.274 e. The van der Waals surface area contributed by atoms with Crippen LogP contribution in [-0.4, -0.2) is 23.3 Å². The number of carbonyl (C=O) groups is 2. The lowest BCUT2D eigenvalue weighted by Crippen LogP contribution is -2.31. The van der Waals surface area contributed by atoms with Gasteiger partial charge in [0.05, 0.1) is 0 Å². The molecule has 0 spiro atoms. The predicted octanol–water partition coefficient (Wildman–Crippen LogP) is 4.93. The fourth-order valence-corrected chi connectivity index (χ4v) is 3.27. The number of anilines is 2. The van der Waals surface area contributed by atoms with Gasteiger partial charge in [0.2, 0.25) is 0 Å². The van der Waals surface area contributed by atoms with Crippen LogP contribution in [0.15, 0.2) is 60.8 Å². The summed E-state index contributed by atoms with van der Waals surface area (Å²) in [5.41, 5.74) is 5.26. The first-order chi connectivity index (χ1) is 13.9. The van der Waals surface area contributed by atoms with Crippen molar-refractivity contribution in [2.45, 2.75) is 27.7 Å². The summed E-state index contributed by atoms with van der Waals surface area (Å²) < 4.78 is 0. The Balaban J connectivity index is 1.86. The molecule has 1 aromatic heterocycles. The Morgan fingerprint density at radius 2 is 1.66 bits per heavy atom. The number of nitrogens with zero attached hydrogens (tertiary/aromatic N) is 2. The van der Waals surface area contributed by atoms with Crippen LogP contribution in [0.1, 0.15) is 44.5 Å². The highest BCUT2D eigenvalue weighted by molar-refractivity contribution is 6.09. The monoisotopic (exact) mass is 387 g/mol. The summed E-state index contributed by atoms with van der Waals surface area (Å²) in [5.74, 6) is -0.503. The summed E-state index contributed by atoms with van der Waals surface area (Å²) in [7, 11) is 0. The topological polar surface area (TPSA) is 62.3 Å². The van der Waals surface area contributed by atoms with Crippen LogP contribution in [0.25, 0.3) is 0 Å². The van der Waals surface area contributed by atoms with Gasteiger partial charge in [-0.2, -0.15) is 0 Å². The van der Waals surface area contributed by atoms with E-state index in [1.165, 1.54) is 6.20 Å². The number of aromatic nitrogens is 1. The van der Waals surface area contributed by atoms with Crippen LogP contribution in [-0.2, 0) is 0 Å². The van der Waals surface area contributed by atoms with Gasteiger partial charge in [0.1, 0.15) is 5.69 Å². The normalized spacial score (nSPS) is 10.5. The molecule has 5 nitrogen and oxygen atoms in total. The Bertz CT molecular complexity index is 1040. The molecule has 0 aliphatic rings. The second-order valence-corrected chi connectivity index (χ2v) is 7.04. The van der Waals surface area contributed by atoms with Gasteiger partial charge in [0.15, 0.2) is 0 Å². The molecule has 0 unspecified atom stereocenters. The van der Waals surface area contributed by atoms with Crippen molar-refractivity contribution in [1.82, 2.24) is 4.98 Å². The minimum absolute atomic E-state index is 0.165. The number of hydrogen-bond acceptors (Lipinski definition) is 3. The van der Waals surface area contributed by atoms with Crippen molar-refractivity contribution in [2.24, 2.45) is 0 Å². The molecule has 148 valence electrons. The highest BCUT2D eigenvalue weighted by Gasteiger charge is 2.19. The van der Waals surface area contributed by atoms with Crippen molar-refractivity contribution in [3.8, 4) is 0 Å². The number of amides is 2. The van der Waals surface area contributed by atoms with Gasteiger partial charge >= 0.3 is 0 Å². The molecule has 0 fully saturated rings. The number of carbonyl (C=O) groups excluding carboxylic acids is 2. The first-order valence-corrected chi connectivity index (χ1v) is 9.63. The van der Waals surface area contributed by atoms with Crippen LogP contribution in [0.4, 0.5) is 11.4 Å². The lowest BCUT2D eigenvalue weighted by molar-refractivity contribution is 0.0988. The van der Waals surface area contributed by atoms with E-state index in [-0.39, 0.29) is 17.5 Å². The molecule has 0 atom stereocenters. The van der Waals surface area contributed by atoms with E-state index in [4.69, 9.17) is 0 Å². The Kier molecular flexibility index (Phi) is 6.07. The SMILES string of the molecule is CCN(C(=O)c1ccnc(C(=O)Nc2c(C)cccc2C)c1)c1cccc(C)c1. The zero-order valence-corrected chi connectivity index (χ0v) is 17.2. The summed E-state index contributed by atoms with van der Waals surface area (Å²) >= 11 is 0. The number of para-hydroxylation sites is 1. The second-order valence-electron chi connectivity index (χ2n) is 7.04. The standard InChI is InChI=1S/C24H25N3O2/c1-5-27(20-11-6-8-16(2)14-20)24(29)19-12-13-25-21(15-19)23(28)26-22-17(3)9-7-10-18(22)4/h6-15H,5H2,1-4H3,(H,26,28). The maximum absolute atomic E-state index is 13.1. The summed E-state index contributed by atoms with van der Waals surface area (Å²) in [4.78, 5) is 31.7. The van der Waals surface area contributed by atoms with Gasteiger partial charge < -0.3 is 10.2 Å². The molecule has 3 rings (SSSR count). The molecular formula is C24H25N3O2. The van der Waals surface area contributed by atoms with Crippen molar-refractivity contribution in [3.05, 3.63) is 88.7 Å². The number of hydrogen-bond donors (Lipinski definition) is 1. The molecule has 0 aliphatic carbocycles. The molecule has 0 radical (unpaired) electrons. The molecule has 1 heterocycles. The van der Waals surface area contributed by atoms with Gasteiger partial charge in [0.25, 0.3) is 11.8 Å². The number of aryl methyl sites for hydroxylation is 3. The lowest BCUT2D eigenvalue weighted by Gasteiger charge is -2.21. The molecule has 3 aromatic rings. The fourth-order valence-electron chi connectivity index (χ4n) is 3.27. The molecule has 5 heteroatoms. The van der Waals surface area contributed by atoms with Gasteiger partial charge in [-0.1, -0.05) is 30.3 Å². The Morgan fingerprint density at radius 3 is 2.31 bits per heavy atom. The summed E-state index contributed by atoms with van der Waals surface area (Å²) in [6.07, 6.45) is 1.50. The molecule has 0 saturated heterocycles. The van der Waals surface area contributed by atoms with Gasteiger partial charge in [-0.3, -0.25) is 14.6 Å². The highest BCUT2D eigenvalue weighted by Crippen LogP contribution is 2.21. The molecule has 2 amide bonds. The maximum atomic E-state index is 13.1. The molecular weight excluding hydrogens is 362 g/mol. The van der Waals surface area contributed by atoms with Crippen LogP contribution in [0.3, 0.4) is 0 Å². The van der Waals surface area contributed by atoms with Crippen LogP contribution in [0.2, 0.25) is 0 Å². The lowest BCUT2D eigenvalue weighted by atomic mass is 10.1. The minimum Gasteiger partial charge on any atom is -0.320 e. The van der Waals surface area contributed by atoms with Crippen LogP contribution in [0, 0.1) is 20.8 Å². The van der Waals surface area contributed by atoms with E-state index in [1.54, 1.807) is 17.0 Å². The Labute approximate surface area is 171 Å². The Hall–Kier alpha value is -3.47. The van der Waals surface area contributed by atoms with Gasteiger partial charge in [-0.15, -0.1) is 0 Å². The van der Waals surface area contributed by atoms with Crippen molar-refractivity contribution in [3.63, 3.8) is 0 Å². The average molecular weight is 387 g/mol. The maximum Gasteiger partial charge on any atom is 0.274 e. The third-order valence-electron chi connectivity index (χ3n) is 4.83. The highest BCUT2D eigenvalue weighted by atomic mass is 16.2. The fraction of sp³-hybridized carbons (Fsp3) is 0.208. The second kappa shape index (κ2) is 8.69. The van der Waals surface area contributed by atoms with E-state index in [0.717, 1.165) is 28.1 Å².